The Balaban J connectivity index is 1.48. The molecule has 3 aromatic carbocycles. The molecule has 0 saturated carbocycles. The summed E-state index contributed by atoms with van der Waals surface area (Å²) in [6, 6.07) is 22.1. The van der Waals surface area contributed by atoms with E-state index in [2.05, 4.69) is 5.32 Å². The first kappa shape index (κ1) is 28.6. The van der Waals surface area contributed by atoms with Crippen molar-refractivity contribution in [3.63, 3.8) is 0 Å². The Bertz CT molecular complexity index is 1460. The molecule has 1 unspecified atom stereocenters. The minimum absolute atomic E-state index is 0.0502. The molecule has 0 bridgehead atoms. The van der Waals surface area contributed by atoms with Crippen molar-refractivity contribution in [2.24, 2.45) is 0 Å². The van der Waals surface area contributed by atoms with E-state index >= 15 is 0 Å². The molecule has 3 aromatic rings. The third-order valence-electron chi connectivity index (χ3n) is 6.03. The lowest BCUT2D eigenvalue weighted by atomic mass is 10.2. The largest absolute Gasteiger partial charge is 0.354 e. The van der Waals surface area contributed by atoms with Crippen molar-refractivity contribution in [3.8, 4) is 0 Å². The monoisotopic (exact) mass is 593 g/mol. The van der Waals surface area contributed by atoms with Crippen LogP contribution in [-0.4, -0.2) is 69.3 Å². The molecule has 1 N–H and O–H groups in total. The van der Waals surface area contributed by atoms with Gasteiger partial charge in [0.25, 0.3) is 0 Å². The van der Waals surface area contributed by atoms with Gasteiger partial charge >= 0.3 is 0 Å². The van der Waals surface area contributed by atoms with Crippen LogP contribution in [0.15, 0.2) is 94.7 Å². The normalized spacial score (nSPS) is 17.2. The van der Waals surface area contributed by atoms with Gasteiger partial charge in [-0.15, -0.1) is 0 Å². The summed E-state index contributed by atoms with van der Waals surface area (Å²) in [5, 5.41) is 3.46. The zero-order valence-corrected chi connectivity index (χ0v) is 23.6. The first-order valence-corrected chi connectivity index (χ1v) is 16.3. The van der Waals surface area contributed by atoms with E-state index in [4.69, 9.17) is 11.6 Å². The van der Waals surface area contributed by atoms with Crippen LogP contribution in [0, 0.1) is 0 Å². The second kappa shape index (κ2) is 12.6. The maximum absolute atomic E-state index is 13.5. The second-order valence-electron chi connectivity index (χ2n) is 8.59. The highest BCUT2D eigenvalue weighted by Gasteiger charge is 2.43. The van der Waals surface area contributed by atoms with Crippen molar-refractivity contribution in [1.82, 2.24) is 13.9 Å². The summed E-state index contributed by atoms with van der Waals surface area (Å²) in [7, 11) is -7.94. The highest BCUT2D eigenvalue weighted by atomic mass is 35.5. The van der Waals surface area contributed by atoms with Gasteiger partial charge in [0, 0.05) is 42.7 Å². The van der Waals surface area contributed by atoms with Gasteiger partial charge in [-0.3, -0.25) is 4.79 Å². The molecule has 0 aliphatic carbocycles. The molecule has 1 aliphatic heterocycles. The Labute approximate surface area is 233 Å². The predicted molar refractivity (Wildman–Crippen MR) is 150 cm³/mol. The van der Waals surface area contributed by atoms with Gasteiger partial charge in [0.1, 0.15) is 6.04 Å². The SMILES string of the molecule is O=C(NCCSCc1cccc(Cl)c1)C1CN(S(=O)(=O)c2ccccc2)CCN1S(=O)(=O)c1ccccc1. The summed E-state index contributed by atoms with van der Waals surface area (Å²) in [6.07, 6.45) is 0. The number of halogens is 1. The Morgan fingerprint density at radius 1 is 0.868 bits per heavy atom. The molecule has 38 heavy (non-hydrogen) atoms. The summed E-state index contributed by atoms with van der Waals surface area (Å²) in [5.41, 5.74) is 1.06. The van der Waals surface area contributed by atoms with Gasteiger partial charge in [0.15, 0.2) is 0 Å². The summed E-state index contributed by atoms with van der Waals surface area (Å²) < 4.78 is 55.7. The Hall–Kier alpha value is -2.41. The number of nitrogens with one attached hydrogen (secondary N) is 1. The molecular formula is C26H28ClN3O5S3. The molecule has 8 nitrogen and oxygen atoms in total. The predicted octanol–water partition coefficient (Wildman–Crippen LogP) is 3.45. The Morgan fingerprint density at radius 2 is 1.50 bits per heavy atom. The van der Waals surface area contributed by atoms with Crippen LogP contribution in [0.5, 0.6) is 0 Å². The second-order valence-corrected chi connectivity index (χ2v) is 14.0. The van der Waals surface area contributed by atoms with E-state index in [0.29, 0.717) is 23.1 Å². The first-order valence-electron chi connectivity index (χ1n) is 11.9. The van der Waals surface area contributed by atoms with Crippen LogP contribution < -0.4 is 5.32 Å². The number of nitrogens with zero attached hydrogens (tertiary/aromatic N) is 2. The van der Waals surface area contributed by atoms with Crippen LogP contribution in [0.2, 0.25) is 5.02 Å². The van der Waals surface area contributed by atoms with E-state index in [0.717, 1.165) is 9.87 Å². The third-order valence-corrected chi connectivity index (χ3v) is 11.1. The maximum Gasteiger partial charge on any atom is 0.243 e. The van der Waals surface area contributed by atoms with Gasteiger partial charge in [0.05, 0.1) is 9.79 Å². The van der Waals surface area contributed by atoms with Gasteiger partial charge in [-0.25, -0.2) is 16.8 Å². The number of carbonyl (C=O) groups is 1. The molecular weight excluding hydrogens is 566 g/mol. The van der Waals surface area contributed by atoms with E-state index < -0.39 is 32.0 Å². The van der Waals surface area contributed by atoms with Crippen LogP contribution >= 0.6 is 23.4 Å². The lowest BCUT2D eigenvalue weighted by Gasteiger charge is -2.38. The molecule has 1 atom stereocenters. The number of benzene rings is 3. The minimum atomic E-state index is -4.03. The van der Waals surface area contributed by atoms with Crippen LogP contribution in [-0.2, 0) is 30.6 Å². The lowest BCUT2D eigenvalue weighted by molar-refractivity contribution is -0.125. The standard InChI is InChI=1S/C26H28ClN3O5S3/c27-22-9-7-8-21(18-22)20-36-17-14-28-26(31)25-19-29(37(32,33)23-10-3-1-4-11-23)15-16-30(25)38(34,35)24-12-5-2-6-13-24/h1-13,18,25H,14-17,19-20H2,(H,28,31). The lowest BCUT2D eigenvalue weighted by Crippen LogP contribution is -2.61. The van der Waals surface area contributed by atoms with Crippen molar-refractivity contribution in [2.75, 3.05) is 31.9 Å². The van der Waals surface area contributed by atoms with E-state index in [1.54, 1.807) is 54.2 Å². The molecule has 12 heteroatoms. The molecule has 1 saturated heterocycles. The molecule has 4 rings (SSSR count). The van der Waals surface area contributed by atoms with Gasteiger partial charge in [-0.2, -0.15) is 20.4 Å². The van der Waals surface area contributed by atoms with Crippen molar-refractivity contribution in [2.45, 2.75) is 21.6 Å². The molecule has 1 heterocycles. The quantitative estimate of drug-likeness (QED) is 0.361. The number of hydrogen-bond acceptors (Lipinski definition) is 6. The Morgan fingerprint density at radius 3 is 2.13 bits per heavy atom. The molecule has 1 aliphatic rings. The molecule has 0 radical (unpaired) electrons. The fourth-order valence-corrected chi connectivity index (χ4v) is 8.18. The van der Waals surface area contributed by atoms with Gasteiger partial charge in [-0.1, -0.05) is 60.1 Å². The van der Waals surface area contributed by atoms with Crippen molar-refractivity contribution < 1.29 is 21.6 Å². The van der Waals surface area contributed by atoms with E-state index in [1.165, 1.54) is 28.6 Å². The number of amides is 1. The molecule has 1 fully saturated rings. The van der Waals surface area contributed by atoms with Crippen LogP contribution in [0.4, 0.5) is 0 Å². The number of carbonyl (C=O) groups excluding carboxylic acids is 1. The molecule has 0 aromatic heterocycles. The summed E-state index contributed by atoms with van der Waals surface area (Å²) in [5.74, 6) is 0.751. The van der Waals surface area contributed by atoms with Crippen LogP contribution in [0.3, 0.4) is 0 Å². The Kier molecular flexibility index (Phi) is 9.50. The zero-order valence-electron chi connectivity index (χ0n) is 20.4. The number of thioether (sulfide) groups is 1. The number of sulfonamides is 2. The number of hydrogen-bond donors (Lipinski definition) is 1. The van der Waals surface area contributed by atoms with Crippen LogP contribution in [0.25, 0.3) is 0 Å². The van der Waals surface area contributed by atoms with E-state index in [-0.39, 0.29) is 29.4 Å². The van der Waals surface area contributed by atoms with Crippen molar-refractivity contribution in [3.05, 3.63) is 95.5 Å². The molecule has 202 valence electrons. The highest BCUT2D eigenvalue weighted by molar-refractivity contribution is 7.98. The highest BCUT2D eigenvalue weighted by Crippen LogP contribution is 2.25. The number of piperazine rings is 1. The van der Waals surface area contributed by atoms with Crippen LogP contribution in [0.1, 0.15) is 5.56 Å². The smallest absolute Gasteiger partial charge is 0.243 e. The van der Waals surface area contributed by atoms with E-state index in [1.807, 2.05) is 18.2 Å². The average molecular weight is 594 g/mol. The first-order chi connectivity index (χ1) is 18.2. The summed E-state index contributed by atoms with van der Waals surface area (Å²) in [4.78, 5) is 13.5. The average Bonchev–Trinajstić information content (AvgIpc) is 2.93. The summed E-state index contributed by atoms with van der Waals surface area (Å²) in [6.45, 7) is -0.205. The van der Waals surface area contributed by atoms with Crippen molar-refractivity contribution >= 4 is 49.3 Å². The zero-order chi connectivity index (χ0) is 27.2. The third kappa shape index (κ3) is 6.77. The van der Waals surface area contributed by atoms with Crippen molar-refractivity contribution in [1.29, 1.82) is 0 Å². The molecule has 0 spiro atoms. The van der Waals surface area contributed by atoms with E-state index in [9.17, 15) is 21.6 Å². The van der Waals surface area contributed by atoms with Gasteiger partial charge in [0.2, 0.25) is 26.0 Å². The summed E-state index contributed by atoms with van der Waals surface area (Å²) >= 11 is 7.62. The van der Waals surface area contributed by atoms with Gasteiger partial charge in [-0.05, 0) is 42.0 Å². The van der Waals surface area contributed by atoms with Gasteiger partial charge < -0.3 is 5.32 Å². The minimum Gasteiger partial charge on any atom is -0.354 e. The fourth-order valence-electron chi connectivity index (χ4n) is 4.11. The topological polar surface area (TPSA) is 104 Å². The fraction of sp³-hybridized carbons (Fsp3) is 0.269. The molecule has 1 amide bonds. The number of rotatable bonds is 10. The maximum atomic E-state index is 13.5.